The average Bonchev–Trinajstić information content (AvgIpc) is 3.10. The number of carbonyl (C=O) groups excluding carboxylic acids is 1. The van der Waals surface area contributed by atoms with Gasteiger partial charge in [0.1, 0.15) is 5.78 Å². The Morgan fingerprint density at radius 2 is 1.62 bits per heavy atom. The SMILES string of the molecule is C=C(C)[C@@H]1CC[C@]2(CC(=O)O)CC[C@]3(C)[C@H](CC[C@@H]4[C@@]5(C)CCC(=O)C(C)(C)[C@@H]5CC[C@]43C)[C@@H]12. The van der Waals surface area contributed by atoms with E-state index < -0.39 is 5.97 Å². The molecule has 0 aliphatic heterocycles. The highest BCUT2D eigenvalue weighted by Crippen LogP contribution is 2.77. The molecule has 1 N–H and O–H groups in total. The van der Waals surface area contributed by atoms with Crippen molar-refractivity contribution in [2.75, 3.05) is 0 Å². The summed E-state index contributed by atoms with van der Waals surface area (Å²) in [5, 5.41) is 9.91. The number of aliphatic carboxylic acids is 1. The van der Waals surface area contributed by atoms with Crippen LogP contribution in [0.1, 0.15) is 112 Å². The van der Waals surface area contributed by atoms with Gasteiger partial charge < -0.3 is 5.11 Å². The lowest BCUT2D eigenvalue weighted by molar-refractivity contribution is -0.234. The first-order valence-electron chi connectivity index (χ1n) is 14.1. The lowest BCUT2D eigenvalue weighted by atomic mass is 9.32. The van der Waals surface area contributed by atoms with Gasteiger partial charge in [0, 0.05) is 11.8 Å². The molecule has 0 aromatic carbocycles. The van der Waals surface area contributed by atoms with E-state index in [9.17, 15) is 14.7 Å². The molecule has 0 saturated heterocycles. The molecule has 0 aromatic heterocycles. The molecule has 3 nitrogen and oxygen atoms in total. The zero-order chi connectivity index (χ0) is 24.9. The molecule has 3 heteroatoms. The third-order valence-corrected chi connectivity index (χ3v) is 13.5. The summed E-state index contributed by atoms with van der Waals surface area (Å²) >= 11 is 0. The van der Waals surface area contributed by atoms with E-state index in [1.165, 1.54) is 37.7 Å². The molecular formula is C31H48O3. The fraction of sp³-hybridized carbons (Fsp3) is 0.871. The zero-order valence-corrected chi connectivity index (χ0v) is 22.6. The predicted molar refractivity (Wildman–Crippen MR) is 136 cm³/mol. The van der Waals surface area contributed by atoms with Gasteiger partial charge >= 0.3 is 5.97 Å². The topological polar surface area (TPSA) is 54.4 Å². The van der Waals surface area contributed by atoms with Gasteiger partial charge in [0.25, 0.3) is 0 Å². The summed E-state index contributed by atoms with van der Waals surface area (Å²) in [5.74, 6) is 2.54. The van der Waals surface area contributed by atoms with Crippen LogP contribution in [0.4, 0.5) is 0 Å². The Labute approximate surface area is 207 Å². The standard InChI is InChI=1S/C31H48O3/c1-19(2)20-10-15-31(18-25(33)34)17-16-29(6)21(26(20)31)8-9-23-28(5)13-12-24(32)27(3,4)22(28)11-14-30(23,29)7/h20-23,26H,1,8-18H2,2-7H3,(H,33,34)/t20-,21+,22-,23+,26+,28-,29+,30+,31+/m0/s1. The summed E-state index contributed by atoms with van der Waals surface area (Å²) in [6, 6.07) is 0. The fourth-order valence-corrected chi connectivity index (χ4v) is 11.7. The minimum absolute atomic E-state index is 0.0385. The monoisotopic (exact) mass is 468 g/mol. The normalized spacial score (nSPS) is 51.6. The third-order valence-electron chi connectivity index (χ3n) is 13.5. The van der Waals surface area contributed by atoms with Crippen molar-refractivity contribution in [3.63, 3.8) is 0 Å². The van der Waals surface area contributed by atoms with Gasteiger partial charge in [-0.2, -0.15) is 0 Å². The van der Waals surface area contributed by atoms with Gasteiger partial charge in [-0.3, -0.25) is 9.59 Å². The second-order valence-electron chi connectivity index (χ2n) is 14.8. The van der Waals surface area contributed by atoms with Gasteiger partial charge in [0.05, 0.1) is 6.42 Å². The Balaban J connectivity index is 1.56. The van der Waals surface area contributed by atoms with Crippen molar-refractivity contribution >= 4 is 11.8 Å². The lowest BCUT2D eigenvalue weighted by Crippen LogP contribution is -2.66. The molecule has 0 radical (unpaired) electrons. The minimum atomic E-state index is -0.613. The molecule has 9 atom stereocenters. The molecule has 5 aliphatic carbocycles. The van der Waals surface area contributed by atoms with Crippen LogP contribution in [-0.2, 0) is 9.59 Å². The maximum Gasteiger partial charge on any atom is 0.303 e. The molecule has 5 saturated carbocycles. The number of Topliss-reactive ketones (excluding diaryl/α,β-unsaturated/α-hetero) is 1. The summed E-state index contributed by atoms with van der Waals surface area (Å²) in [6.07, 6.45) is 11.4. The summed E-state index contributed by atoms with van der Waals surface area (Å²) < 4.78 is 0. The quantitative estimate of drug-likeness (QED) is 0.432. The maximum absolute atomic E-state index is 12.9. The van der Waals surface area contributed by atoms with E-state index in [-0.39, 0.29) is 27.1 Å². The fourth-order valence-electron chi connectivity index (χ4n) is 11.7. The molecular weight excluding hydrogens is 420 g/mol. The van der Waals surface area contributed by atoms with Gasteiger partial charge in [0.15, 0.2) is 0 Å². The van der Waals surface area contributed by atoms with E-state index in [0.29, 0.717) is 41.8 Å². The van der Waals surface area contributed by atoms with Gasteiger partial charge in [-0.15, -0.1) is 0 Å². The van der Waals surface area contributed by atoms with Crippen molar-refractivity contribution in [3.8, 4) is 0 Å². The number of carbonyl (C=O) groups is 2. The molecule has 0 spiro atoms. The van der Waals surface area contributed by atoms with Crippen LogP contribution in [0.5, 0.6) is 0 Å². The van der Waals surface area contributed by atoms with Gasteiger partial charge in [-0.05, 0) is 116 Å². The molecule has 5 aliphatic rings. The Morgan fingerprint density at radius 1 is 0.912 bits per heavy atom. The molecule has 5 rings (SSSR count). The molecule has 190 valence electrons. The molecule has 0 aromatic rings. The molecule has 0 heterocycles. The number of rotatable bonds is 3. The van der Waals surface area contributed by atoms with Crippen LogP contribution >= 0.6 is 0 Å². The predicted octanol–water partition coefficient (Wildman–Crippen LogP) is 7.69. The highest BCUT2D eigenvalue weighted by molar-refractivity contribution is 5.85. The Hall–Kier alpha value is -1.12. The third kappa shape index (κ3) is 2.94. The Morgan fingerprint density at radius 3 is 2.26 bits per heavy atom. The molecule has 0 bridgehead atoms. The maximum atomic E-state index is 12.9. The van der Waals surface area contributed by atoms with Crippen LogP contribution in [0.25, 0.3) is 0 Å². The van der Waals surface area contributed by atoms with E-state index >= 15 is 0 Å². The first-order chi connectivity index (χ1) is 15.7. The zero-order valence-electron chi connectivity index (χ0n) is 22.6. The van der Waals surface area contributed by atoms with E-state index in [1.54, 1.807) is 0 Å². The van der Waals surface area contributed by atoms with Gasteiger partial charge in [0.2, 0.25) is 0 Å². The van der Waals surface area contributed by atoms with Gasteiger partial charge in [-0.1, -0.05) is 46.8 Å². The first kappa shape index (κ1) is 24.6. The Bertz CT molecular complexity index is 918. The summed E-state index contributed by atoms with van der Waals surface area (Å²) in [6.45, 7) is 18.8. The smallest absolute Gasteiger partial charge is 0.303 e. The van der Waals surface area contributed by atoms with Crippen LogP contribution < -0.4 is 0 Å². The first-order valence-corrected chi connectivity index (χ1v) is 14.1. The van der Waals surface area contributed by atoms with Gasteiger partial charge in [-0.25, -0.2) is 0 Å². The van der Waals surface area contributed by atoms with Crippen molar-refractivity contribution in [1.82, 2.24) is 0 Å². The molecule has 34 heavy (non-hydrogen) atoms. The average molecular weight is 469 g/mol. The van der Waals surface area contributed by atoms with Crippen molar-refractivity contribution in [2.24, 2.45) is 56.7 Å². The highest BCUT2D eigenvalue weighted by atomic mass is 16.4. The number of fused-ring (bicyclic) bond motifs is 7. The van der Waals surface area contributed by atoms with Crippen molar-refractivity contribution in [1.29, 1.82) is 0 Å². The second-order valence-corrected chi connectivity index (χ2v) is 14.8. The number of ketones is 1. The van der Waals surface area contributed by atoms with Crippen molar-refractivity contribution < 1.29 is 14.7 Å². The van der Waals surface area contributed by atoms with E-state index in [4.69, 9.17) is 0 Å². The Kier molecular flexibility index (Phi) is 5.38. The largest absolute Gasteiger partial charge is 0.481 e. The minimum Gasteiger partial charge on any atom is -0.481 e. The molecule has 5 fully saturated rings. The number of hydrogen-bond donors (Lipinski definition) is 1. The molecule has 0 unspecified atom stereocenters. The summed E-state index contributed by atoms with van der Waals surface area (Å²) in [7, 11) is 0. The summed E-state index contributed by atoms with van der Waals surface area (Å²) in [4.78, 5) is 25.0. The second kappa shape index (κ2) is 7.45. The number of hydrogen-bond acceptors (Lipinski definition) is 2. The van der Waals surface area contributed by atoms with Crippen LogP contribution in [0, 0.1) is 56.7 Å². The van der Waals surface area contributed by atoms with E-state index in [0.717, 1.165) is 32.1 Å². The number of carboxylic acids is 1. The summed E-state index contributed by atoms with van der Waals surface area (Å²) in [5.41, 5.74) is 1.76. The van der Waals surface area contributed by atoms with Crippen molar-refractivity contribution in [3.05, 3.63) is 12.2 Å². The van der Waals surface area contributed by atoms with Crippen molar-refractivity contribution in [2.45, 2.75) is 112 Å². The highest BCUT2D eigenvalue weighted by Gasteiger charge is 2.70. The number of carboxylic acid groups (broad SMARTS) is 1. The van der Waals surface area contributed by atoms with E-state index in [2.05, 4.69) is 48.1 Å². The van der Waals surface area contributed by atoms with Crippen LogP contribution in [0.2, 0.25) is 0 Å². The van der Waals surface area contributed by atoms with Crippen LogP contribution in [0.3, 0.4) is 0 Å². The number of allylic oxidation sites excluding steroid dienone is 1. The van der Waals surface area contributed by atoms with Crippen LogP contribution in [0.15, 0.2) is 12.2 Å². The lowest BCUT2D eigenvalue weighted by Gasteiger charge is -2.72. The van der Waals surface area contributed by atoms with E-state index in [1.807, 2.05) is 0 Å². The van der Waals surface area contributed by atoms with Crippen LogP contribution in [-0.4, -0.2) is 16.9 Å². The molecule has 0 amide bonds.